The highest BCUT2D eigenvalue weighted by molar-refractivity contribution is 14.0. The second-order valence-electron chi connectivity index (χ2n) is 8.22. The summed E-state index contributed by atoms with van der Waals surface area (Å²) in [5.41, 5.74) is 0. The highest BCUT2D eigenvalue weighted by Gasteiger charge is 2.31. The van der Waals surface area contributed by atoms with Gasteiger partial charge in [0, 0.05) is 78.3 Å². The molecule has 0 atom stereocenters. The van der Waals surface area contributed by atoms with Crippen LogP contribution in [0.25, 0.3) is 0 Å². The summed E-state index contributed by atoms with van der Waals surface area (Å²) in [6.45, 7) is 8.68. The van der Waals surface area contributed by atoms with Crippen LogP contribution < -0.4 is 10.6 Å². The normalized spacial score (nSPS) is 21.9. The maximum Gasteiger partial charge on any atom is 0.225 e. The third kappa shape index (κ3) is 6.97. The van der Waals surface area contributed by atoms with Crippen LogP contribution in [0.4, 0.5) is 0 Å². The fourth-order valence-corrected chi connectivity index (χ4v) is 4.16. The van der Waals surface area contributed by atoms with Crippen LogP contribution in [-0.4, -0.2) is 97.9 Å². The van der Waals surface area contributed by atoms with Crippen molar-refractivity contribution in [3.05, 3.63) is 0 Å². The number of carbonyl (C=O) groups is 2. The molecule has 29 heavy (non-hydrogen) atoms. The van der Waals surface area contributed by atoms with E-state index in [0.29, 0.717) is 17.9 Å². The van der Waals surface area contributed by atoms with Crippen molar-refractivity contribution in [3.8, 4) is 0 Å². The van der Waals surface area contributed by atoms with Gasteiger partial charge in [-0.3, -0.25) is 19.5 Å². The predicted molar refractivity (Wildman–Crippen MR) is 126 cm³/mol. The summed E-state index contributed by atoms with van der Waals surface area (Å²) >= 11 is 0. The van der Waals surface area contributed by atoms with E-state index in [1.165, 1.54) is 6.42 Å². The summed E-state index contributed by atoms with van der Waals surface area (Å²) in [6, 6.07) is 0.364. The third-order valence-electron chi connectivity index (χ3n) is 6.36. The molecule has 166 valence electrons. The predicted octanol–water partition coefficient (Wildman–Crippen LogP) is 0.725. The first kappa shape index (κ1) is 24.2. The molecule has 0 unspecified atom stereocenters. The van der Waals surface area contributed by atoms with Crippen LogP contribution in [0.2, 0.25) is 0 Å². The van der Waals surface area contributed by atoms with E-state index in [4.69, 9.17) is 0 Å². The number of likely N-dealkylation sites (tertiary alicyclic amines) is 1. The van der Waals surface area contributed by atoms with Crippen molar-refractivity contribution in [3.63, 3.8) is 0 Å². The van der Waals surface area contributed by atoms with Gasteiger partial charge in [0.25, 0.3) is 0 Å². The fourth-order valence-electron chi connectivity index (χ4n) is 4.16. The topological polar surface area (TPSA) is 80.3 Å². The molecule has 2 saturated heterocycles. The van der Waals surface area contributed by atoms with Gasteiger partial charge in [0.1, 0.15) is 0 Å². The minimum atomic E-state index is 0. The Bertz CT molecular complexity index is 567. The van der Waals surface area contributed by atoms with E-state index in [0.717, 1.165) is 84.0 Å². The molecule has 0 aromatic rings. The fraction of sp³-hybridized carbons (Fsp3) is 0.850. The molecule has 2 N–H and O–H groups in total. The summed E-state index contributed by atoms with van der Waals surface area (Å²) in [5, 5.41) is 6.88. The van der Waals surface area contributed by atoms with Crippen molar-refractivity contribution in [1.82, 2.24) is 25.3 Å². The van der Waals surface area contributed by atoms with Gasteiger partial charge in [0.15, 0.2) is 5.96 Å². The Labute approximate surface area is 191 Å². The van der Waals surface area contributed by atoms with Gasteiger partial charge in [0.05, 0.1) is 0 Å². The van der Waals surface area contributed by atoms with Gasteiger partial charge in [0.2, 0.25) is 11.8 Å². The standard InChI is InChI=1S/C20H36N6O2.HI/c1-16(27)25-9-6-18(7-10-25)23-20(21-2)22-8-11-24-12-14-26(15-13-24)19(28)17-4-3-5-17;/h17-18H,3-15H2,1-2H3,(H2,21,22,23);1H. The SMILES string of the molecule is CN=C(NCCN1CCN(C(=O)C2CCC2)CC1)NC1CCN(C(C)=O)CC1.I. The number of carbonyl (C=O) groups excluding carboxylic acids is 2. The molecule has 2 amide bonds. The Morgan fingerprint density at radius 3 is 2.14 bits per heavy atom. The Balaban J connectivity index is 0.00000300. The first-order valence-corrected chi connectivity index (χ1v) is 10.8. The monoisotopic (exact) mass is 520 g/mol. The number of guanidine groups is 1. The van der Waals surface area contributed by atoms with Gasteiger partial charge >= 0.3 is 0 Å². The molecule has 3 rings (SSSR count). The van der Waals surface area contributed by atoms with E-state index in [2.05, 4.69) is 25.4 Å². The van der Waals surface area contributed by atoms with E-state index < -0.39 is 0 Å². The first-order chi connectivity index (χ1) is 13.6. The van der Waals surface area contributed by atoms with Gasteiger partial charge in [-0.05, 0) is 25.7 Å². The Hall–Kier alpha value is -1.10. The summed E-state index contributed by atoms with van der Waals surface area (Å²) in [7, 11) is 1.80. The number of rotatable bonds is 5. The summed E-state index contributed by atoms with van der Waals surface area (Å²) in [4.78, 5) is 34.5. The van der Waals surface area contributed by atoms with Gasteiger partial charge in [-0.15, -0.1) is 24.0 Å². The number of aliphatic imine (C=N–C) groups is 1. The molecule has 8 nitrogen and oxygen atoms in total. The molecule has 3 fully saturated rings. The number of nitrogens with zero attached hydrogens (tertiary/aromatic N) is 4. The number of hydrogen-bond acceptors (Lipinski definition) is 4. The third-order valence-corrected chi connectivity index (χ3v) is 6.36. The molecule has 2 aliphatic heterocycles. The van der Waals surface area contributed by atoms with Crippen LogP contribution in [0.15, 0.2) is 4.99 Å². The molecule has 0 radical (unpaired) electrons. The summed E-state index contributed by atoms with van der Waals surface area (Å²) in [6.07, 6.45) is 5.30. The smallest absolute Gasteiger partial charge is 0.225 e. The second-order valence-corrected chi connectivity index (χ2v) is 8.22. The molecule has 0 bridgehead atoms. The lowest BCUT2D eigenvalue weighted by molar-refractivity contribution is -0.140. The highest BCUT2D eigenvalue weighted by Crippen LogP contribution is 2.28. The molecular weight excluding hydrogens is 483 g/mol. The zero-order valence-electron chi connectivity index (χ0n) is 17.9. The van der Waals surface area contributed by atoms with Crippen molar-refractivity contribution < 1.29 is 9.59 Å². The Morgan fingerprint density at radius 2 is 1.62 bits per heavy atom. The maximum atomic E-state index is 12.3. The number of piperidine rings is 1. The molecule has 3 aliphatic rings. The van der Waals surface area contributed by atoms with Crippen molar-refractivity contribution in [2.24, 2.45) is 10.9 Å². The van der Waals surface area contributed by atoms with Crippen LogP contribution in [0.5, 0.6) is 0 Å². The van der Waals surface area contributed by atoms with E-state index in [9.17, 15) is 9.59 Å². The zero-order chi connectivity index (χ0) is 19.9. The van der Waals surface area contributed by atoms with Crippen molar-refractivity contribution >= 4 is 41.8 Å². The molecule has 1 aliphatic carbocycles. The highest BCUT2D eigenvalue weighted by atomic mass is 127. The summed E-state index contributed by atoms with van der Waals surface area (Å²) < 4.78 is 0. The van der Waals surface area contributed by atoms with Crippen LogP contribution in [0.3, 0.4) is 0 Å². The minimum absolute atomic E-state index is 0. The van der Waals surface area contributed by atoms with Gasteiger partial charge in [-0.25, -0.2) is 0 Å². The lowest BCUT2D eigenvalue weighted by Gasteiger charge is -2.38. The van der Waals surface area contributed by atoms with Gasteiger partial charge in [-0.2, -0.15) is 0 Å². The minimum Gasteiger partial charge on any atom is -0.355 e. The number of hydrogen-bond donors (Lipinski definition) is 2. The Morgan fingerprint density at radius 1 is 0.966 bits per heavy atom. The summed E-state index contributed by atoms with van der Waals surface area (Å²) in [5.74, 6) is 1.69. The molecule has 0 aromatic carbocycles. The van der Waals surface area contributed by atoms with E-state index >= 15 is 0 Å². The average Bonchev–Trinajstić information content (AvgIpc) is 2.66. The molecule has 0 spiro atoms. The van der Waals surface area contributed by atoms with Crippen molar-refractivity contribution in [2.75, 3.05) is 59.4 Å². The lowest BCUT2D eigenvalue weighted by Crippen LogP contribution is -2.53. The number of halogens is 1. The van der Waals surface area contributed by atoms with Crippen LogP contribution >= 0.6 is 24.0 Å². The number of amides is 2. The lowest BCUT2D eigenvalue weighted by atomic mass is 9.84. The van der Waals surface area contributed by atoms with E-state index in [1.54, 1.807) is 14.0 Å². The average molecular weight is 520 g/mol. The van der Waals surface area contributed by atoms with E-state index in [-0.39, 0.29) is 29.9 Å². The van der Waals surface area contributed by atoms with Crippen molar-refractivity contribution in [2.45, 2.75) is 45.1 Å². The molecular formula is C20H37IN6O2. The largest absolute Gasteiger partial charge is 0.355 e. The van der Waals surface area contributed by atoms with Crippen LogP contribution in [-0.2, 0) is 9.59 Å². The molecule has 2 heterocycles. The van der Waals surface area contributed by atoms with Crippen LogP contribution in [0.1, 0.15) is 39.0 Å². The van der Waals surface area contributed by atoms with Crippen molar-refractivity contribution in [1.29, 1.82) is 0 Å². The Kier molecular flexibility index (Phi) is 9.94. The van der Waals surface area contributed by atoms with Crippen LogP contribution in [0, 0.1) is 5.92 Å². The second kappa shape index (κ2) is 11.9. The van der Waals surface area contributed by atoms with Gasteiger partial charge < -0.3 is 20.4 Å². The quantitative estimate of drug-likeness (QED) is 0.318. The number of nitrogens with one attached hydrogen (secondary N) is 2. The first-order valence-electron chi connectivity index (χ1n) is 10.8. The van der Waals surface area contributed by atoms with Gasteiger partial charge in [-0.1, -0.05) is 6.42 Å². The molecule has 9 heteroatoms. The molecule has 1 saturated carbocycles. The number of piperazine rings is 1. The maximum absolute atomic E-state index is 12.3. The zero-order valence-corrected chi connectivity index (χ0v) is 20.2. The van der Waals surface area contributed by atoms with E-state index in [1.807, 2.05) is 4.90 Å². The molecule has 0 aromatic heterocycles.